The SMILES string of the molecule is Cc1c[nH]c2ccc(B3OC(C)(C)C(C)(C)O3)cc12. The summed E-state index contributed by atoms with van der Waals surface area (Å²) in [6.45, 7) is 10.4. The van der Waals surface area contributed by atoms with Crippen LogP contribution in [0.5, 0.6) is 0 Å². The van der Waals surface area contributed by atoms with Crippen LogP contribution < -0.4 is 5.46 Å². The lowest BCUT2D eigenvalue weighted by Gasteiger charge is -2.32. The van der Waals surface area contributed by atoms with Gasteiger partial charge in [-0.15, -0.1) is 0 Å². The second kappa shape index (κ2) is 3.87. The minimum atomic E-state index is -0.292. The van der Waals surface area contributed by atoms with Crippen LogP contribution in [-0.2, 0) is 9.31 Å². The van der Waals surface area contributed by atoms with Gasteiger partial charge in [0.05, 0.1) is 11.2 Å². The number of hydrogen-bond donors (Lipinski definition) is 1. The summed E-state index contributed by atoms with van der Waals surface area (Å²) >= 11 is 0. The Morgan fingerprint density at radius 2 is 1.68 bits per heavy atom. The van der Waals surface area contributed by atoms with Gasteiger partial charge in [0.1, 0.15) is 0 Å². The molecule has 0 bridgehead atoms. The molecule has 1 saturated heterocycles. The van der Waals surface area contributed by atoms with Crippen LogP contribution in [-0.4, -0.2) is 23.3 Å². The number of aromatic nitrogens is 1. The van der Waals surface area contributed by atoms with Gasteiger partial charge >= 0.3 is 7.12 Å². The Balaban J connectivity index is 2.00. The van der Waals surface area contributed by atoms with Crippen molar-refractivity contribution in [3.63, 3.8) is 0 Å². The molecule has 0 spiro atoms. The highest BCUT2D eigenvalue weighted by molar-refractivity contribution is 6.62. The Bertz CT molecular complexity index is 614. The van der Waals surface area contributed by atoms with Crippen molar-refractivity contribution in [3.8, 4) is 0 Å². The maximum atomic E-state index is 6.08. The zero-order chi connectivity index (χ0) is 13.8. The van der Waals surface area contributed by atoms with Gasteiger partial charge in [-0.1, -0.05) is 12.1 Å². The van der Waals surface area contributed by atoms with Crippen molar-refractivity contribution in [2.75, 3.05) is 0 Å². The molecule has 1 aromatic heterocycles. The van der Waals surface area contributed by atoms with Gasteiger partial charge in [-0.25, -0.2) is 0 Å². The molecule has 1 fully saturated rings. The second-order valence-corrected chi connectivity index (χ2v) is 6.36. The normalized spacial score (nSPS) is 21.2. The smallest absolute Gasteiger partial charge is 0.399 e. The maximum Gasteiger partial charge on any atom is 0.494 e. The average Bonchev–Trinajstić information content (AvgIpc) is 2.78. The molecule has 1 aliphatic rings. The number of H-pyrrole nitrogens is 1. The summed E-state index contributed by atoms with van der Waals surface area (Å²) in [5, 5.41) is 1.23. The van der Waals surface area contributed by atoms with Crippen molar-refractivity contribution in [1.82, 2.24) is 4.98 Å². The fraction of sp³-hybridized carbons (Fsp3) is 0.467. The van der Waals surface area contributed by atoms with Crippen LogP contribution in [0.25, 0.3) is 10.9 Å². The summed E-state index contributed by atoms with van der Waals surface area (Å²) in [6.07, 6.45) is 2.03. The molecule has 1 aliphatic heterocycles. The van der Waals surface area contributed by atoms with E-state index in [0.29, 0.717) is 0 Å². The van der Waals surface area contributed by atoms with Crippen LogP contribution in [0.1, 0.15) is 33.3 Å². The highest BCUT2D eigenvalue weighted by atomic mass is 16.7. The lowest BCUT2D eigenvalue weighted by Crippen LogP contribution is -2.41. The molecule has 2 aromatic rings. The number of nitrogens with one attached hydrogen (secondary N) is 1. The molecule has 3 nitrogen and oxygen atoms in total. The Morgan fingerprint density at radius 3 is 2.32 bits per heavy atom. The zero-order valence-corrected chi connectivity index (χ0v) is 12.2. The largest absolute Gasteiger partial charge is 0.494 e. The molecule has 0 radical (unpaired) electrons. The van der Waals surface area contributed by atoms with E-state index in [1.807, 2.05) is 6.20 Å². The minimum absolute atomic E-state index is 0.288. The topological polar surface area (TPSA) is 34.2 Å². The molecule has 0 aliphatic carbocycles. The molecule has 0 saturated carbocycles. The number of aryl methyl sites for hydroxylation is 1. The van der Waals surface area contributed by atoms with Gasteiger partial charge in [0.25, 0.3) is 0 Å². The molecular weight excluding hydrogens is 237 g/mol. The van der Waals surface area contributed by atoms with Gasteiger partial charge in [-0.2, -0.15) is 0 Å². The number of benzene rings is 1. The van der Waals surface area contributed by atoms with Crippen molar-refractivity contribution in [3.05, 3.63) is 30.0 Å². The third kappa shape index (κ3) is 1.90. The van der Waals surface area contributed by atoms with E-state index >= 15 is 0 Å². The van der Waals surface area contributed by atoms with Crippen LogP contribution >= 0.6 is 0 Å². The molecule has 19 heavy (non-hydrogen) atoms. The first-order valence-electron chi connectivity index (χ1n) is 6.73. The fourth-order valence-electron chi connectivity index (χ4n) is 2.40. The van der Waals surface area contributed by atoms with Gasteiger partial charge in [-0.05, 0) is 51.7 Å². The van der Waals surface area contributed by atoms with Crippen LogP contribution in [0.15, 0.2) is 24.4 Å². The van der Waals surface area contributed by atoms with Crippen molar-refractivity contribution < 1.29 is 9.31 Å². The number of hydrogen-bond acceptors (Lipinski definition) is 2. The summed E-state index contributed by atoms with van der Waals surface area (Å²) in [6, 6.07) is 6.31. The molecule has 1 aromatic carbocycles. The fourth-order valence-corrected chi connectivity index (χ4v) is 2.40. The highest BCUT2D eigenvalue weighted by Crippen LogP contribution is 2.36. The lowest BCUT2D eigenvalue weighted by molar-refractivity contribution is 0.00578. The van der Waals surface area contributed by atoms with E-state index < -0.39 is 0 Å². The highest BCUT2D eigenvalue weighted by Gasteiger charge is 2.51. The molecule has 4 heteroatoms. The zero-order valence-electron chi connectivity index (χ0n) is 12.2. The third-order valence-electron chi connectivity index (χ3n) is 4.44. The van der Waals surface area contributed by atoms with Gasteiger partial charge in [-0.3, -0.25) is 0 Å². The van der Waals surface area contributed by atoms with E-state index in [2.05, 4.69) is 57.8 Å². The monoisotopic (exact) mass is 257 g/mol. The first-order valence-corrected chi connectivity index (χ1v) is 6.73. The molecule has 0 unspecified atom stereocenters. The van der Waals surface area contributed by atoms with E-state index in [0.717, 1.165) is 11.0 Å². The molecular formula is C15H20BNO2. The molecule has 100 valence electrons. The molecule has 2 heterocycles. The summed E-state index contributed by atoms with van der Waals surface area (Å²) in [4.78, 5) is 3.26. The van der Waals surface area contributed by atoms with E-state index in [4.69, 9.17) is 9.31 Å². The van der Waals surface area contributed by atoms with Crippen molar-refractivity contribution in [2.45, 2.75) is 45.8 Å². The van der Waals surface area contributed by atoms with Crippen LogP contribution in [0.4, 0.5) is 0 Å². The summed E-state index contributed by atoms with van der Waals surface area (Å²) in [5.41, 5.74) is 2.89. The minimum Gasteiger partial charge on any atom is -0.399 e. The van der Waals surface area contributed by atoms with Crippen LogP contribution in [0.2, 0.25) is 0 Å². The van der Waals surface area contributed by atoms with Crippen molar-refractivity contribution in [1.29, 1.82) is 0 Å². The molecule has 0 amide bonds. The quantitative estimate of drug-likeness (QED) is 0.797. The predicted octanol–water partition coefficient (Wildman–Crippen LogP) is 2.78. The Labute approximate surface area is 114 Å². The Kier molecular flexibility index (Phi) is 2.60. The van der Waals surface area contributed by atoms with Gasteiger partial charge in [0.2, 0.25) is 0 Å². The number of fused-ring (bicyclic) bond motifs is 1. The second-order valence-electron chi connectivity index (χ2n) is 6.36. The maximum absolute atomic E-state index is 6.08. The number of rotatable bonds is 1. The van der Waals surface area contributed by atoms with Crippen molar-refractivity contribution >= 4 is 23.5 Å². The Morgan fingerprint density at radius 1 is 1.05 bits per heavy atom. The first kappa shape index (κ1) is 12.8. The Hall–Kier alpha value is -1.26. The summed E-state index contributed by atoms with van der Waals surface area (Å²) < 4.78 is 12.2. The van der Waals surface area contributed by atoms with E-state index in [9.17, 15) is 0 Å². The average molecular weight is 257 g/mol. The summed E-state index contributed by atoms with van der Waals surface area (Å²) in [5.74, 6) is 0. The lowest BCUT2D eigenvalue weighted by atomic mass is 9.78. The van der Waals surface area contributed by atoms with Gasteiger partial charge < -0.3 is 14.3 Å². The first-order chi connectivity index (χ1) is 8.80. The van der Waals surface area contributed by atoms with Gasteiger partial charge in [0.15, 0.2) is 0 Å². The standard InChI is InChI=1S/C15H20BNO2/c1-10-9-17-13-7-6-11(8-12(10)13)16-18-14(2,3)15(4,5)19-16/h6-9,17H,1-5H3. The molecule has 3 rings (SSSR count). The molecule has 1 N–H and O–H groups in total. The number of aromatic amines is 1. The molecule has 0 atom stereocenters. The summed E-state index contributed by atoms with van der Waals surface area (Å²) in [7, 11) is -0.288. The van der Waals surface area contributed by atoms with E-state index in [-0.39, 0.29) is 18.3 Å². The van der Waals surface area contributed by atoms with E-state index in [1.54, 1.807) is 0 Å². The predicted molar refractivity (Wildman–Crippen MR) is 78.8 cm³/mol. The van der Waals surface area contributed by atoms with Crippen LogP contribution in [0, 0.1) is 6.92 Å². The van der Waals surface area contributed by atoms with Crippen molar-refractivity contribution in [2.24, 2.45) is 0 Å². The van der Waals surface area contributed by atoms with Gasteiger partial charge in [0, 0.05) is 17.1 Å². The van der Waals surface area contributed by atoms with Crippen LogP contribution in [0.3, 0.4) is 0 Å². The third-order valence-corrected chi connectivity index (χ3v) is 4.44. The van der Waals surface area contributed by atoms with E-state index in [1.165, 1.54) is 10.9 Å².